The molecule has 3 rings (SSSR count). The summed E-state index contributed by atoms with van der Waals surface area (Å²) in [5, 5.41) is 3.55. The van der Waals surface area contributed by atoms with E-state index in [2.05, 4.69) is 10.2 Å². The minimum Gasteiger partial charge on any atom is -0.468 e. The van der Waals surface area contributed by atoms with Gasteiger partial charge in [0.05, 0.1) is 20.3 Å². The molecule has 0 aromatic rings. The van der Waals surface area contributed by atoms with Gasteiger partial charge in [-0.2, -0.15) is 0 Å². The van der Waals surface area contributed by atoms with Gasteiger partial charge >= 0.3 is 5.97 Å². The number of morpholine rings is 1. The summed E-state index contributed by atoms with van der Waals surface area (Å²) in [6.45, 7) is 3.62. The van der Waals surface area contributed by atoms with Crippen LogP contribution in [0.25, 0.3) is 0 Å². The summed E-state index contributed by atoms with van der Waals surface area (Å²) in [5.41, 5.74) is -0.432. The van der Waals surface area contributed by atoms with Crippen LogP contribution in [0, 0.1) is 0 Å². The Hall–Kier alpha value is -0.650. The first-order valence-electron chi connectivity index (χ1n) is 7.41. The molecule has 2 aliphatic carbocycles. The average Bonchev–Trinajstić information content (AvgIpc) is 3.16. The lowest BCUT2D eigenvalue weighted by Crippen LogP contribution is -2.53. The molecule has 0 spiro atoms. The van der Waals surface area contributed by atoms with Gasteiger partial charge in [0.15, 0.2) is 0 Å². The lowest BCUT2D eigenvalue weighted by molar-refractivity contribution is -0.148. The zero-order valence-corrected chi connectivity index (χ0v) is 11.7. The molecule has 3 aliphatic rings. The first-order chi connectivity index (χ1) is 9.23. The van der Waals surface area contributed by atoms with Gasteiger partial charge in [0.2, 0.25) is 0 Å². The molecule has 0 aromatic heterocycles. The van der Waals surface area contributed by atoms with Crippen molar-refractivity contribution in [1.29, 1.82) is 0 Å². The second-order valence-corrected chi connectivity index (χ2v) is 6.04. The molecule has 1 aliphatic heterocycles. The van der Waals surface area contributed by atoms with E-state index in [1.807, 2.05) is 0 Å². The van der Waals surface area contributed by atoms with E-state index >= 15 is 0 Å². The van der Waals surface area contributed by atoms with Crippen LogP contribution in [0.15, 0.2) is 0 Å². The molecule has 3 fully saturated rings. The molecule has 5 nitrogen and oxygen atoms in total. The first-order valence-corrected chi connectivity index (χ1v) is 7.41. The van der Waals surface area contributed by atoms with Gasteiger partial charge in [0.1, 0.15) is 5.54 Å². The average molecular weight is 268 g/mol. The largest absolute Gasteiger partial charge is 0.468 e. The molecule has 2 unspecified atom stereocenters. The van der Waals surface area contributed by atoms with Crippen LogP contribution in [-0.2, 0) is 14.3 Å². The Morgan fingerprint density at radius 2 is 2.05 bits per heavy atom. The van der Waals surface area contributed by atoms with E-state index in [1.54, 1.807) is 0 Å². The monoisotopic (exact) mass is 268 g/mol. The Morgan fingerprint density at radius 1 is 1.32 bits per heavy atom. The normalized spacial score (nSPS) is 36.4. The van der Waals surface area contributed by atoms with E-state index in [0.717, 1.165) is 45.6 Å². The van der Waals surface area contributed by atoms with E-state index in [4.69, 9.17) is 9.47 Å². The fourth-order valence-electron chi connectivity index (χ4n) is 3.46. The quantitative estimate of drug-likeness (QED) is 0.754. The van der Waals surface area contributed by atoms with Gasteiger partial charge in [-0.15, -0.1) is 0 Å². The minimum absolute atomic E-state index is 0.0739. The van der Waals surface area contributed by atoms with Gasteiger partial charge in [-0.25, -0.2) is 0 Å². The third-order valence-electron chi connectivity index (χ3n) is 4.68. The number of carbonyl (C=O) groups excluding carboxylic acids is 1. The van der Waals surface area contributed by atoms with Gasteiger partial charge in [0, 0.05) is 25.2 Å². The van der Waals surface area contributed by atoms with E-state index in [0.29, 0.717) is 12.1 Å². The number of esters is 1. The van der Waals surface area contributed by atoms with E-state index in [9.17, 15) is 4.79 Å². The molecule has 19 heavy (non-hydrogen) atoms. The molecule has 0 radical (unpaired) electrons. The Labute approximate surface area is 114 Å². The molecule has 2 saturated carbocycles. The number of methoxy groups -OCH3 is 1. The van der Waals surface area contributed by atoms with Crippen molar-refractivity contribution in [1.82, 2.24) is 10.2 Å². The Balaban J connectivity index is 1.66. The highest BCUT2D eigenvalue weighted by Crippen LogP contribution is 2.37. The van der Waals surface area contributed by atoms with Gasteiger partial charge in [0.25, 0.3) is 0 Å². The number of hydrogen-bond acceptors (Lipinski definition) is 5. The van der Waals surface area contributed by atoms with E-state index in [-0.39, 0.29) is 5.97 Å². The van der Waals surface area contributed by atoms with Crippen molar-refractivity contribution < 1.29 is 14.3 Å². The molecular weight excluding hydrogens is 244 g/mol. The first kappa shape index (κ1) is 13.3. The van der Waals surface area contributed by atoms with Crippen molar-refractivity contribution in [2.45, 2.75) is 49.7 Å². The lowest BCUT2D eigenvalue weighted by Gasteiger charge is -2.34. The van der Waals surface area contributed by atoms with Gasteiger partial charge in [-0.05, 0) is 32.1 Å². The number of nitrogens with one attached hydrogen (secondary N) is 1. The fourth-order valence-corrected chi connectivity index (χ4v) is 3.46. The summed E-state index contributed by atoms with van der Waals surface area (Å²) in [6, 6.07) is 1.02. The topological polar surface area (TPSA) is 50.8 Å². The van der Waals surface area contributed by atoms with E-state index < -0.39 is 5.54 Å². The van der Waals surface area contributed by atoms with Crippen molar-refractivity contribution in [3.63, 3.8) is 0 Å². The summed E-state index contributed by atoms with van der Waals surface area (Å²) in [4.78, 5) is 14.7. The van der Waals surface area contributed by atoms with Crippen LogP contribution in [0.3, 0.4) is 0 Å². The van der Waals surface area contributed by atoms with Crippen LogP contribution in [0.5, 0.6) is 0 Å². The van der Waals surface area contributed by atoms with Crippen LogP contribution in [0.1, 0.15) is 32.1 Å². The molecule has 1 heterocycles. The fraction of sp³-hybridized carbons (Fsp3) is 0.929. The SMILES string of the molecule is COC(=O)C1(NC2CC2)CCC(N2CCOCC2)C1. The molecule has 0 aromatic carbocycles. The zero-order chi connectivity index (χ0) is 13.3. The highest BCUT2D eigenvalue weighted by Gasteiger charge is 2.50. The van der Waals surface area contributed by atoms with Crippen molar-refractivity contribution in [2.75, 3.05) is 33.4 Å². The van der Waals surface area contributed by atoms with Crippen LogP contribution < -0.4 is 5.32 Å². The third kappa shape index (κ3) is 2.78. The maximum Gasteiger partial charge on any atom is 0.326 e. The third-order valence-corrected chi connectivity index (χ3v) is 4.68. The van der Waals surface area contributed by atoms with Crippen LogP contribution in [0.4, 0.5) is 0 Å². The van der Waals surface area contributed by atoms with Crippen molar-refractivity contribution in [3.8, 4) is 0 Å². The Bertz CT molecular complexity index is 340. The second kappa shape index (κ2) is 5.38. The van der Waals surface area contributed by atoms with Gasteiger partial charge in [-0.3, -0.25) is 15.0 Å². The van der Waals surface area contributed by atoms with Gasteiger partial charge < -0.3 is 9.47 Å². The minimum atomic E-state index is -0.432. The Kier molecular flexibility index (Phi) is 3.78. The highest BCUT2D eigenvalue weighted by molar-refractivity contribution is 5.81. The predicted octanol–water partition coefficient (Wildman–Crippen LogP) is 0.535. The van der Waals surface area contributed by atoms with Crippen molar-refractivity contribution in [2.24, 2.45) is 0 Å². The smallest absolute Gasteiger partial charge is 0.326 e. The number of ether oxygens (including phenoxy) is 2. The summed E-state index contributed by atoms with van der Waals surface area (Å²) in [5.74, 6) is -0.0739. The number of rotatable bonds is 4. The Morgan fingerprint density at radius 3 is 2.68 bits per heavy atom. The molecule has 5 heteroatoms. The van der Waals surface area contributed by atoms with Crippen LogP contribution >= 0.6 is 0 Å². The number of carbonyl (C=O) groups is 1. The second-order valence-electron chi connectivity index (χ2n) is 6.04. The van der Waals surface area contributed by atoms with E-state index in [1.165, 1.54) is 20.0 Å². The van der Waals surface area contributed by atoms with Crippen molar-refractivity contribution >= 4 is 5.97 Å². The molecule has 108 valence electrons. The molecular formula is C14H24N2O3. The summed E-state index contributed by atoms with van der Waals surface area (Å²) < 4.78 is 10.5. The molecule has 0 bridgehead atoms. The summed E-state index contributed by atoms with van der Waals surface area (Å²) in [7, 11) is 1.50. The maximum absolute atomic E-state index is 12.2. The summed E-state index contributed by atoms with van der Waals surface area (Å²) >= 11 is 0. The van der Waals surface area contributed by atoms with Crippen LogP contribution in [0.2, 0.25) is 0 Å². The summed E-state index contributed by atoms with van der Waals surface area (Å²) in [6.07, 6.45) is 5.26. The molecule has 1 N–H and O–H groups in total. The van der Waals surface area contributed by atoms with Crippen LogP contribution in [-0.4, -0.2) is 61.9 Å². The highest BCUT2D eigenvalue weighted by atomic mass is 16.5. The zero-order valence-electron chi connectivity index (χ0n) is 11.7. The maximum atomic E-state index is 12.2. The number of hydrogen-bond donors (Lipinski definition) is 1. The molecule has 1 saturated heterocycles. The standard InChI is InChI=1S/C14H24N2O3/c1-18-13(17)14(15-11-2-3-11)5-4-12(10-14)16-6-8-19-9-7-16/h11-12,15H,2-10H2,1H3. The molecule has 0 amide bonds. The molecule has 2 atom stereocenters. The lowest BCUT2D eigenvalue weighted by atomic mass is 9.96. The predicted molar refractivity (Wildman–Crippen MR) is 70.9 cm³/mol. The van der Waals surface area contributed by atoms with Crippen molar-refractivity contribution in [3.05, 3.63) is 0 Å². The van der Waals surface area contributed by atoms with Gasteiger partial charge in [-0.1, -0.05) is 0 Å². The number of nitrogens with zero attached hydrogens (tertiary/aromatic N) is 1.